The van der Waals surface area contributed by atoms with Crippen LogP contribution in [0.1, 0.15) is 18.6 Å². The van der Waals surface area contributed by atoms with Gasteiger partial charge in [0.05, 0.1) is 12.6 Å². The number of hydrogen-bond donors (Lipinski definition) is 1. The second-order valence-corrected chi connectivity index (χ2v) is 4.45. The molecule has 6 heteroatoms. The van der Waals surface area contributed by atoms with Crippen molar-refractivity contribution in [3.8, 4) is 0 Å². The van der Waals surface area contributed by atoms with Gasteiger partial charge in [-0.25, -0.2) is 0 Å². The minimum atomic E-state index is -4.47. The molecule has 1 saturated heterocycles. The lowest BCUT2D eigenvalue weighted by Crippen LogP contribution is -2.49. The summed E-state index contributed by atoms with van der Waals surface area (Å²) in [5.74, 6) is 0. The molecule has 0 aliphatic carbocycles. The van der Waals surface area contributed by atoms with Crippen LogP contribution in [0.2, 0.25) is 0 Å². The fourth-order valence-corrected chi connectivity index (χ4v) is 1.97. The van der Waals surface area contributed by atoms with Crippen LogP contribution in [0.15, 0.2) is 30.3 Å². The van der Waals surface area contributed by atoms with Gasteiger partial charge in [-0.05, 0) is 12.5 Å². The third kappa shape index (κ3) is 3.68. The Morgan fingerprint density at radius 1 is 1.32 bits per heavy atom. The molecule has 1 aliphatic heterocycles. The molecule has 1 N–H and O–H groups in total. The van der Waals surface area contributed by atoms with Gasteiger partial charge < -0.3 is 14.8 Å². The first-order chi connectivity index (χ1) is 8.98. The molecule has 106 valence electrons. The van der Waals surface area contributed by atoms with Crippen LogP contribution in [0.3, 0.4) is 0 Å². The summed E-state index contributed by atoms with van der Waals surface area (Å²) in [7, 11) is 0. The lowest BCUT2D eigenvalue weighted by atomic mass is 10.1. The van der Waals surface area contributed by atoms with E-state index in [4.69, 9.17) is 9.47 Å². The van der Waals surface area contributed by atoms with Crippen LogP contribution in [0.4, 0.5) is 13.2 Å². The molecule has 0 spiro atoms. The van der Waals surface area contributed by atoms with Crippen molar-refractivity contribution in [3.05, 3.63) is 35.9 Å². The van der Waals surface area contributed by atoms with Gasteiger partial charge in [0, 0.05) is 6.54 Å². The summed E-state index contributed by atoms with van der Waals surface area (Å²) in [6.45, 7) is 2.69. The van der Waals surface area contributed by atoms with Crippen molar-refractivity contribution in [2.24, 2.45) is 0 Å². The van der Waals surface area contributed by atoms with Gasteiger partial charge in [0.25, 0.3) is 0 Å². The number of alkyl halides is 3. The zero-order valence-corrected chi connectivity index (χ0v) is 10.5. The van der Waals surface area contributed by atoms with Gasteiger partial charge in [0.2, 0.25) is 0 Å². The van der Waals surface area contributed by atoms with Gasteiger partial charge in [-0.15, -0.1) is 0 Å². The zero-order valence-electron chi connectivity index (χ0n) is 10.5. The monoisotopic (exact) mass is 275 g/mol. The Bertz CT molecular complexity index is 397. The van der Waals surface area contributed by atoms with E-state index >= 15 is 0 Å². The molecule has 3 nitrogen and oxygen atoms in total. The molecule has 1 heterocycles. The van der Waals surface area contributed by atoms with E-state index in [0.717, 1.165) is 0 Å². The van der Waals surface area contributed by atoms with Gasteiger partial charge in [-0.1, -0.05) is 30.3 Å². The molecule has 1 aromatic rings. The van der Waals surface area contributed by atoms with Gasteiger partial charge in [0.15, 0.2) is 12.4 Å². The van der Waals surface area contributed by atoms with E-state index in [1.54, 1.807) is 25.1 Å². The SMILES string of the molecule is C[C@@H]1NCCOC1OC(c1ccccc1)C(F)(F)F. The zero-order chi connectivity index (χ0) is 13.9. The molecule has 1 fully saturated rings. The van der Waals surface area contributed by atoms with Crippen LogP contribution in [-0.2, 0) is 9.47 Å². The lowest BCUT2D eigenvalue weighted by molar-refractivity contribution is -0.285. The van der Waals surface area contributed by atoms with E-state index in [1.165, 1.54) is 12.1 Å². The molecule has 3 atom stereocenters. The van der Waals surface area contributed by atoms with Gasteiger partial charge in [0.1, 0.15) is 0 Å². The first kappa shape index (κ1) is 14.3. The number of benzene rings is 1. The average Bonchev–Trinajstić information content (AvgIpc) is 2.37. The van der Waals surface area contributed by atoms with Crippen LogP contribution in [-0.4, -0.2) is 31.7 Å². The summed E-state index contributed by atoms with van der Waals surface area (Å²) in [5, 5.41) is 3.02. The third-order valence-corrected chi connectivity index (χ3v) is 2.93. The highest BCUT2D eigenvalue weighted by Gasteiger charge is 2.44. The van der Waals surface area contributed by atoms with Crippen LogP contribution < -0.4 is 5.32 Å². The third-order valence-electron chi connectivity index (χ3n) is 2.93. The summed E-state index contributed by atoms with van der Waals surface area (Å²) in [6, 6.07) is 7.31. The highest BCUT2D eigenvalue weighted by molar-refractivity contribution is 5.19. The van der Waals surface area contributed by atoms with E-state index < -0.39 is 18.6 Å². The molecular weight excluding hydrogens is 259 g/mol. The fraction of sp³-hybridized carbons (Fsp3) is 0.538. The number of ether oxygens (including phenoxy) is 2. The van der Waals surface area contributed by atoms with Crippen molar-refractivity contribution in [2.75, 3.05) is 13.2 Å². The number of halogens is 3. The van der Waals surface area contributed by atoms with Crippen molar-refractivity contribution in [1.82, 2.24) is 5.32 Å². The highest BCUT2D eigenvalue weighted by Crippen LogP contribution is 2.37. The highest BCUT2D eigenvalue weighted by atomic mass is 19.4. The maximum Gasteiger partial charge on any atom is 0.418 e. The molecule has 2 unspecified atom stereocenters. The number of hydrogen-bond acceptors (Lipinski definition) is 3. The summed E-state index contributed by atoms with van der Waals surface area (Å²) in [6.07, 6.45) is -7.34. The van der Waals surface area contributed by atoms with E-state index in [9.17, 15) is 13.2 Å². The minimum Gasteiger partial charge on any atom is -0.350 e. The standard InChI is InChI=1S/C13H16F3NO2/c1-9-12(18-8-7-17-9)19-11(13(14,15)16)10-5-3-2-4-6-10/h2-6,9,11-12,17H,7-8H2,1H3/t9-,11?,12?/m0/s1. The van der Waals surface area contributed by atoms with Gasteiger partial charge in [-0.2, -0.15) is 13.2 Å². The minimum absolute atomic E-state index is 0.0800. The Hall–Kier alpha value is -1.11. The Morgan fingerprint density at radius 3 is 2.58 bits per heavy atom. The number of rotatable bonds is 3. The molecule has 1 aliphatic rings. The average molecular weight is 275 g/mol. The Kier molecular flexibility index (Phi) is 4.44. The summed E-state index contributed by atoms with van der Waals surface area (Å²) in [4.78, 5) is 0. The second-order valence-electron chi connectivity index (χ2n) is 4.45. The van der Waals surface area contributed by atoms with Crippen molar-refractivity contribution in [2.45, 2.75) is 31.5 Å². The largest absolute Gasteiger partial charge is 0.418 e. The van der Waals surface area contributed by atoms with Crippen molar-refractivity contribution >= 4 is 0 Å². The van der Waals surface area contributed by atoms with Crippen LogP contribution in [0.5, 0.6) is 0 Å². The van der Waals surface area contributed by atoms with E-state index in [1.807, 2.05) is 0 Å². The summed E-state index contributed by atoms with van der Waals surface area (Å²) >= 11 is 0. The molecule has 0 aromatic heterocycles. The maximum atomic E-state index is 13.1. The van der Waals surface area contributed by atoms with E-state index in [-0.39, 0.29) is 11.6 Å². The molecule has 1 aromatic carbocycles. The number of morpholine rings is 1. The molecule has 0 saturated carbocycles. The lowest BCUT2D eigenvalue weighted by Gasteiger charge is -2.33. The van der Waals surface area contributed by atoms with Gasteiger partial charge in [-0.3, -0.25) is 0 Å². The first-order valence-electron chi connectivity index (χ1n) is 6.10. The smallest absolute Gasteiger partial charge is 0.350 e. The van der Waals surface area contributed by atoms with Crippen LogP contribution in [0, 0.1) is 0 Å². The molecule has 2 rings (SSSR count). The fourth-order valence-electron chi connectivity index (χ4n) is 1.97. The predicted molar refractivity (Wildman–Crippen MR) is 63.5 cm³/mol. The molecule has 19 heavy (non-hydrogen) atoms. The quantitative estimate of drug-likeness (QED) is 0.920. The Balaban J connectivity index is 2.15. The Morgan fingerprint density at radius 2 is 2.00 bits per heavy atom. The number of nitrogens with one attached hydrogen (secondary N) is 1. The first-order valence-corrected chi connectivity index (χ1v) is 6.10. The van der Waals surface area contributed by atoms with Crippen LogP contribution >= 0.6 is 0 Å². The predicted octanol–water partition coefficient (Wildman–Crippen LogP) is 2.64. The van der Waals surface area contributed by atoms with Crippen molar-refractivity contribution in [1.29, 1.82) is 0 Å². The molecular formula is C13H16F3NO2. The van der Waals surface area contributed by atoms with Gasteiger partial charge >= 0.3 is 6.18 Å². The molecule has 0 amide bonds. The summed E-state index contributed by atoms with van der Waals surface area (Å²) in [5.41, 5.74) is 0.0800. The topological polar surface area (TPSA) is 30.5 Å². The Labute approximate surface area is 109 Å². The normalized spacial score (nSPS) is 26.1. The molecule has 0 bridgehead atoms. The van der Waals surface area contributed by atoms with Crippen molar-refractivity contribution in [3.63, 3.8) is 0 Å². The molecule has 0 radical (unpaired) electrons. The van der Waals surface area contributed by atoms with Crippen LogP contribution in [0.25, 0.3) is 0 Å². The van der Waals surface area contributed by atoms with Crippen molar-refractivity contribution < 1.29 is 22.6 Å². The second kappa shape index (κ2) is 5.90. The van der Waals surface area contributed by atoms with E-state index in [0.29, 0.717) is 13.2 Å². The van der Waals surface area contributed by atoms with E-state index in [2.05, 4.69) is 5.32 Å². The summed E-state index contributed by atoms with van der Waals surface area (Å²) < 4.78 is 49.7. The maximum absolute atomic E-state index is 13.1.